The maximum Gasteiger partial charge on any atom is 0.0624 e. The van der Waals surface area contributed by atoms with Gasteiger partial charge in [-0.2, -0.15) is 0 Å². The summed E-state index contributed by atoms with van der Waals surface area (Å²) in [6, 6.07) is 0.188. The summed E-state index contributed by atoms with van der Waals surface area (Å²) < 4.78 is 21.6. The van der Waals surface area contributed by atoms with Gasteiger partial charge >= 0.3 is 0 Å². The minimum absolute atomic E-state index is 0.188. The van der Waals surface area contributed by atoms with Crippen LogP contribution < -0.4 is 5.32 Å². The van der Waals surface area contributed by atoms with E-state index in [1.165, 1.54) is 0 Å². The molecule has 4 nitrogen and oxygen atoms in total. The molecule has 0 aliphatic heterocycles. The fourth-order valence-electron chi connectivity index (χ4n) is 1.20. The summed E-state index contributed by atoms with van der Waals surface area (Å²) in [4.78, 5) is 0. The smallest absolute Gasteiger partial charge is 0.0624 e. The molecule has 0 amide bonds. The predicted octanol–water partition coefficient (Wildman–Crippen LogP) is 0.396. The van der Waals surface area contributed by atoms with Gasteiger partial charge in [0.2, 0.25) is 0 Å². The monoisotopic (exact) mass is 237 g/mol. The highest BCUT2D eigenvalue weighted by Crippen LogP contribution is 1.92. The van der Waals surface area contributed by atoms with Gasteiger partial charge in [-0.05, 0) is 13.0 Å². The zero-order valence-corrected chi connectivity index (χ0v) is 10.8. The van der Waals surface area contributed by atoms with E-state index in [4.69, 9.17) is 9.47 Å². The van der Waals surface area contributed by atoms with Crippen molar-refractivity contribution in [2.24, 2.45) is 0 Å². The van der Waals surface area contributed by atoms with Crippen LogP contribution in [0.4, 0.5) is 0 Å². The fraction of sp³-hybridized carbons (Fsp3) is 1.00. The molecule has 0 aliphatic carbocycles. The van der Waals surface area contributed by atoms with Crippen molar-refractivity contribution >= 4 is 10.8 Å². The molecule has 0 aromatic rings. The first-order chi connectivity index (χ1) is 7.24. The number of rotatable bonds is 10. The van der Waals surface area contributed by atoms with E-state index in [0.717, 1.165) is 13.0 Å². The zero-order chi connectivity index (χ0) is 11.5. The highest BCUT2D eigenvalue weighted by atomic mass is 32.2. The number of methoxy groups -OCH3 is 2. The first kappa shape index (κ1) is 15.0. The molecule has 0 aliphatic rings. The Hall–Kier alpha value is 0.0300. The second kappa shape index (κ2) is 10.5. The lowest BCUT2D eigenvalue weighted by molar-refractivity contribution is 0.173. The largest absolute Gasteiger partial charge is 0.384 e. The highest BCUT2D eigenvalue weighted by Gasteiger charge is 2.11. The lowest BCUT2D eigenvalue weighted by Gasteiger charge is -2.16. The molecular weight excluding hydrogens is 214 g/mol. The summed E-state index contributed by atoms with van der Waals surface area (Å²) in [6.45, 7) is 4.22. The molecule has 0 saturated heterocycles. The molecule has 0 heterocycles. The van der Waals surface area contributed by atoms with E-state index in [-0.39, 0.29) is 6.04 Å². The Balaban J connectivity index is 3.76. The average molecular weight is 237 g/mol. The van der Waals surface area contributed by atoms with Crippen LogP contribution >= 0.6 is 0 Å². The molecule has 2 unspecified atom stereocenters. The van der Waals surface area contributed by atoms with Gasteiger partial charge in [0.15, 0.2) is 0 Å². The quantitative estimate of drug-likeness (QED) is 0.597. The normalized spacial score (nSPS) is 15.1. The van der Waals surface area contributed by atoms with Gasteiger partial charge in [-0.25, -0.2) is 0 Å². The number of hydrogen-bond acceptors (Lipinski definition) is 4. The van der Waals surface area contributed by atoms with Gasteiger partial charge in [0.05, 0.1) is 13.2 Å². The Morgan fingerprint density at radius 3 is 2.60 bits per heavy atom. The van der Waals surface area contributed by atoms with E-state index in [1.807, 2.05) is 0 Å². The van der Waals surface area contributed by atoms with Crippen LogP contribution in [0.5, 0.6) is 0 Å². The van der Waals surface area contributed by atoms with Gasteiger partial charge in [-0.15, -0.1) is 0 Å². The molecule has 0 aromatic carbocycles. The van der Waals surface area contributed by atoms with Crippen LogP contribution in [0.3, 0.4) is 0 Å². The van der Waals surface area contributed by atoms with Gasteiger partial charge in [0.1, 0.15) is 0 Å². The van der Waals surface area contributed by atoms with Crippen LogP contribution in [-0.2, 0) is 20.3 Å². The molecule has 5 heteroatoms. The second-order valence-corrected chi connectivity index (χ2v) is 5.03. The molecule has 0 aromatic heterocycles. The van der Waals surface area contributed by atoms with Crippen molar-refractivity contribution in [3.05, 3.63) is 0 Å². The Labute approximate surface area is 95.2 Å². The van der Waals surface area contributed by atoms with Crippen molar-refractivity contribution < 1.29 is 13.7 Å². The van der Waals surface area contributed by atoms with Gasteiger partial charge in [-0.3, -0.25) is 4.21 Å². The molecule has 15 heavy (non-hydrogen) atoms. The molecule has 0 bridgehead atoms. The van der Waals surface area contributed by atoms with Crippen LogP contribution in [-0.4, -0.2) is 55.7 Å². The molecule has 0 radical (unpaired) electrons. The molecule has 2 atom stereocenters. The number of nitrogens with one attached hydrogen (secondary N) is 1. The Kier molecular flexibility index (Phi) is 10.6. The van der Waals surface area contributed by atoms with E-state index >= 15 is 0 Å². The maximum absolute atomic E-state index is 11.6. The Morgan fingerprint density at radius 1 is 1.33 bits per heavy atom. The number of ether oxygens (including phenoxy) is 2. The molecule has 0 fully saturated rings. The first-order valence-corrected chi connectivity index (χ1v) is 6.79. The predicted molar refractivity (Wildman–Crippen MR) is 63.7 cm³/mol. The van der Waals surface area contributed by atoms with E-state index in [0.29, 0.717) is 24.7 Å². The lowest BCUT2D eigenvalue weighted by Crippen LogP contribution is -2.39. The summed E-state index contributed by atoms with van der Waals surface area (Å²) in [5.74, 6) is 1.24. The van der Waals surface area contributed by atoms with Crippen LogP contribution in [0.25, 0.3) is 0 Å². The second-order valence-electron chi connectivity index (χ2n) is 3.41. The lowest BCUT2D eigenvalue weighted by atomic mass is 10.3. The summed E-state index contributed by atoms with van der Waals surface area (Å²) in [5.41, 5.74) is 0. The van der Waals surface area contributed by atoms with Crippen molar-refractivity contribution in [3.8, 4) is 0 Å². The minimum atomic E-state index is -0.822. The maximum atomic E-state index is 11.6. The Bertz CT molecular complexity index is 167. The van der Waals surface area contributed by atoms with Gasteiger partial charge in [0.25, 0.3) is 0 Å². The fourth-order valence-corrected chi connectivity index (χ4v) is 2.38. The summed E-state index contributed by atoms with van der Waals surface area (Å²) in [5, 5.41) is 3.32. The third-order valence-electron chi connectivity index (χ3n) is 1.95. The molecule has 0 spiro atoms. The van der Waals surface area contributed by atoms with Crippen molar-refractivity contribution in [3.63, 3.8) is 0 Å². The van der Waals surface area contributed by atoms with Crippen molar-refractivity contribution in [1.29, 1.82) is 0 Å². The van der Waals surface area contributed by atoms with E-state index in [9.17, 15) is 4.21 Å². The molecular formula is C10H23NO3S. The number of hydrogen-bond donors (Lipinski definition) is 1. The first-order valence-electron chi connectivity index (χ1n) is 5.30. The average Bonchev–Trinajstić information content (AvgIpc) is 2.23. The third-order valence-corrected chi connectivity index (χ3v) is 3.35. The summed E-state index contributed by atoms with van der Waals surface area (Å²) >= 11 is 0. The molecule has 1 N–H and O–H groups in total. The van der Waals surface area contributed by atoms with Crippen molar-refractivity contribution in [2.45, 2.75) is 19.4 Å². The van der Waals surface area contributed by atoms with E-state index in [2.05, 4.69) is 12.2 Å². The topological polar surface area (TPSA) is 47.6 Å². The SMILES string of the molecule is CCCNC(COC)CS(=O)CCOC. The highest BCUT2D eigenvalue weighted by molar-refractivity contribution is 7.85. The van der Waals surface area contributed by atoms with E-state index < -0.39 is 10.8 Å². The summed E-state index contributed by atoms with van der Waals surface area (Å²) in [6.07, 6.45) is 1.07. The van der Waals surface area contributed by atoms with Crippen molar-refractivity contribution in [1.82, 2.24) is 5.32 Å². The minimum Gasteiger partial charge on any atom is -0.384 e. The van der Waals surface area contributed by atoms with Crippen LogP contribution in [0.2, 0.25) is 0 Å². The standard InChI is InChI=1S/C10H23NO3S/c1-4-5-11-10(8-14-3)9-15(12)7-6-13-2/h10-11H,4-9H2,1-3H3. The van der Waals surface area contributed by atoms with Crippen molar-refractivity contribution in [2.75, 3.05) is 45.5 Å². The van der Waals surface area contributed by atoms with Crippen LogP contribution in [0.1, 0.15) is 13.3 Å². The van der Waals surface area contributed by atoms with Gasteiger partial charge in [0, 0.05) is 42.6 Å². The summed E-state index contributed by atoms with van der Waals surface area (Å²) in [7, 11) is 2.47. The third kappa shape index (κ3) is 8.99. The zero-order valence-electron chi connectivity index (χ0n) is 9.95. The van der Waals surface area contributed by atoms with E-state index in [1.54, 1.807) is 14.2 Å². The van der Waals surface area contributed by atoms with Gasteiger partial charge < -0.3 is 14.8 Å². The Morgan fingerprint density at radius 2 is 2.07 bits per heavy atom. The van der Waals surface area contributed by atoms with Gasteiger partial charge in [-0.1, -0.05) is 6.92 Å². The van der Waals surface area contributed by atoms with Crippen LogP contribution in [0, 0.1) is 0 Å². The molecule has 0 rings (SSSR count). The van der Waals surface area contributed by atoms with Crippen LogP contribution in [0.15, 0.2) is 0 Å². The molecule has 92 valence electrons. The molecule has 0 saturated carbocycles.